The smallest absolute Gasteiger partial charge is 0.240 e. The molecule has 0 amide bonds. The maximum Gasteiger partial charge on any atom is 0.240 e. The lowest BCUT2D eigenvalue weighted by Gasteiger charge is -2.11. The number of nitrogens with two attached hydrogens (primary N) is 1. The summed E-state index contributed by atoms with van der Waals surface area (Å²) in [5.41, 5.74) is 5.55. The Bertz CT molecular complexity index is 525. The number of hydrogen-bond acceptors (Lipinski definition) is 5. The molecule has 0 bridgehead atoms. The number of sulfonamides is 1. The van der Waals surface area contributed by atoms with E-state index in [9.17, 15) is 13.5 Å². The van der Waals surface area contributed by atoms with Gasteiger partial charge in [-0.05, 0) is 36.8 Å². The van der Waals surface area contributed by atoms with E-state index < -0.39 is 10.0 Å². The van der Waals surface area contributed by atoms with Crippen molar-refractivity contribution in [2.75, 3.05) is 18.0 Å². The summed E-state index contributed by atoms with van der Waals surface area (Å²) in [6, 6.07) is 3.89. The van der Waals surface area contributed by atoms with Gasteiger partial charge in [-0.2, -0.15) is 11.8 Å². The molecule has 2 rings (SSSR count). The van der Waals surface area contributed by atoms with Crippen LogP contribution < -0.4 is 10.5 Å². The van der Waals surface area contributed by atoms with E-state index in [1.165, 1.54) is 18.2 Å². The van der Waals surface area contributed by atoms with Gasteiger partial charge in [0.2, 0.25) is 10.0 Å². The second-order valence-corrected chi connectivity index (χ2v) is 7.38. The molecule has 4 N–H and O–H groups in total. The van der Waals surface area contributed by atoms with Crippen LogP contribution in [0.25, 0.3) is 0 Å². The van der Waals surface area contributed by atoms with Crippen LogP contribution in [0.2, 0.25) is 0 Å². The second-order valence-electron chi connectivity index (χ2n) is 4.21. The number of hydrogen-bond donors (Lipinski definition) is 3. The van der Waals surface area contributed by atoms with Gasteiger partial charge >= 0.3 is 0 Å². The van der Waals surface area contributed by atoms with E-state index in [2.05, 4.69) is 4.72 Å². The van der Waals surface area contributed by atoms with E-state index in [1.54, 1.807) is 11.8 Å². The highest BCUT2D eigenvalue weighted by Gasteiger charge is 2.20. The molecule has 1 aromatic rings. The summed E-state index contributed by atoms with van der Waals surface area (Å²) in [6.07, 6.45) is 2.19. The third kappa shape index (κ3) is 3.09. The number of nitrogen functional groups attached to an aromatic ring is 1. The molecule has 1 saturated heterocycles. The van der Waals surface area contributed by atoms with E-state index in [4.69, 9.17) is 5.73 Å². The Labute approximate surface area is 111 Å². The van der Waals surface area contributed by atoms with Crippen molar-refractivity contribution in [3.05, 3.63) is 18.2 Å². The third-order valence-electron chi connectivity index (χ3n) is 2.83. The van der Waals surface area contributed by atoms with Gasteiger partial charge in [-0.25, -0.2) is 13.1 Å². The first-order valence-corrected chi connectivity index (χ1v) is 8.22. The maximum atomic E-state index is 12.0. The average Bonchev–Trinajstić information content (AvgIpc) is 2.83. The lowest BCUT2D eigenvalue weighted by atomic mass is 10.2. The van der Waals surface area contributed by atoms with E-state index >= 15 is 0 Å². The van der Waals surface area contributed by atoms with E-state index in [0.717, 1.165) is 18.6 Å². The predicted molar refractivity (Wildman–Crippen MR) is 73.2 cm³/mol. The molecule has 1 heterocycles. The van der Waals surface area contributed by atoms with Crippen LogP contribution in [0.3, 0.4) is 0 Å². The summed E-state index contributed by atoms with van der Waals surface area (Å²) < 4.78 is 26.6. The van der Waals surface area contributed by atoms with Crippen molar-refractivity contribution in [2.24, 2.45) is 0 Å². The van der Waals surface area contributed by atoms with Crippen molar-refractivity contribution < 1.29 is 13.5 Å². The molecule has 0 radical (unpaired) electrons. The van der Waals surface area contributed by atoms with Crippen molar-refractivity contribution in [2.45, 2.75) is 23.0 Å². The zero-order valence-electron chi connectivity index (χ0n) is 9.80. The summed E-state index contributed by atoms with van der Waals surface area (Å²) >= 11 is 1.79. The van der Waals surface area contributed by atoms with Gasteiger partial charge in [0.1, 0.15) is 5.75 Å². The van der Waals surface area contributed by atoms with E-state index in [1.807, 2.05) is 0 Å². The fraction of sp³-hybridized carbons (Fsp3) is 0.455. The van der Waals surface area contributed by atoms with Gasteiger partial charge < -0.3 is 10.8 Å². The van der Waals surface area contributed by atoms with Crippen LogP contribution in [0.4, 0.5) is 5.69 Å². The Morgan fingerprint density at radius 1 is 1.50 bits per heavy atom. The fourth-order valence-electron chi connectivity index (χ4n) is 1.79. The molecule has 1 aliphatic rings. The lowest BCUT2D eigenvalue weighted by Crippen LogP contribution is -2.29. The number of anilines is 1. The molecule has 100 valence electrons. The summed E-state index contributed by atoms with van der Waals surface area (Å²) in [7, 11) is -3.54. The molecule has 1 atom stereocenters. The van der Waals surface area contributed by atoms with E-state index in [-0.39, 0.29) is 16.3 Å². The van der Waals surface area contributed by atoms with E-state index in [0.29, 0.717) is 11.8 Å². The first-order chi connectivity index (χ1) is 8.49. The van der Waals surface area contributed by atoms with Crippen molar-refractivity contribution in [1.29, 1.82) is 0 Å². The largest absolute Gasteiger partial charge is 0.506 e. The highest BCUT2D eigenvalue weighted by molar-refractivity contribution is 8.00. The lowest BCUT2D eigenvalue weighted by molar-refractivity contribution is 0.477. The minimum Gasteiger partial charge on any atom is -0.506 e. The number of rotatable bonds is 4. The van der Waals surface area contributed by atoms with Crippen LogP contribution in [0.1, 0.15) is 12.8 Å². The molecule has 7 heteroatoms. The standard InChI is InChI=1S/C11H16N2O3S2/c12-10-6-9(3-4-11(10)14)18(15,16)13-7-8-2-1-5-17-8/h3-4,6,8,13-14H,1-2,5,7,12H2. The quantitative estimate of drug-likeness (QED) is 0.571. The van der Waals surface area contributed by atoms with Gasteiger partial charge in [-0.3, -0.25) is 0 Å². The number of phenolic OH excluding ortho intramolecular Hbond substituents is 1. The average molecular weight is 288 g/mol. The Morgan fingerprint density at radius 3 is 2.89 bits per heavy atom. The molecule has 1 aromatic carbocycles. The van der Waals surface area contributed by atoms with Gasteiger partial charge in [-0.1, -0.05) is 0 Å². The first-order valence-electron chi connectivity index (χ1n) is 5.69. The van der Waals surface area contributed by atoms with Gasteiger partial charge in [0.15, 0.2) is 0 Å². The Hall–Kier alpha value is -0.920. The van der Waals surface area contributed by atoms with Crippen LogP contribution in [-0.2, 0) is 10.0 Å². The molecule has 0 spiro atoms. The van der Waals surface area contributed by atoms with Crippen molar-refractivity contribution in [1.82, 2.24) is 4.72 Å². The number of phenols is 1. The molecule has 0 aliphatic carbocycles. The minimum absolute atomic E-state index is 0.0631. The summed E-state index contributed by atoms with van der Waals surface area (Å²) in [4.78, 5) is 0.0841. The van der Waals surface area contributed by atoms with Gasteiger partial charge in [0.05, 0.1) is 10.6 Å². The minimum atomic E-state index is -3.54. The zero-order valence-corrected chi connectivity index (χ0v) is 11.4. The number of benzene rings is 1. The molecular formula is C11H16N2O3S2. The molecule has 5 nitrogen and oxygen atoms in total. The highest BCUT2D eigenvalue weighted by atomic mass is 32.2. The summed E-state index contributed by atoms with van der Waals surface area (Å²) in [5.74, 6) is 0.985. The Kier molecular flexibility index (Phi) is 4.04. The Balaban J connectivity index is 2.07. The SMILES string of the molecule is Nc1cc(S(=O)(=O)NCC2CCCS2)ccc1O. The van der Waals surface area contributed by atoms with Crippen LogP contribution in [-0.4, -0.2) is 31.1 Å². The van der Waals surface area contributed by atoms with Crippen molar-refractivity contribution >= 4 is 27.5 Å². The zero-order chi connectivity index (χ0) is 13.2. The third-order valence-corrected chi connectivity index (χ3v) is 5.65. The Morgan fingerprint density at radius 2 is 2.28 bits per heavy atom. The highest BCUT2D eigenvalue weighted by Crippen LogP contribution is 2.26. The van der Waals surface area contributed by atoms with Crippen LogP contribution in [0.5, 0.6) is 5.75 Å². The van der Waals surface area contributed by atoms with Crippen molar-refractivity contribution in [3.8, 4) is 5.75 Å². The molecule has 18 heavy (non-hydrogen) atoms. The number of aromatic hydroxyl groups is 1. The molecule has 0 saturated carbocycles. The number of thioether (sulfide) groups is 1. The number of nitrogens with one attached hydrogen (secondary N) is 1. The van der Waals surface area contributed by atoms with Crippen LogP contribution in [0.15, 0.2) is 23.1 Å². The normalized spacial score (nSPS) is 20.1. The molecule has 1 aliphatic heterocycles. The van der Waals surface area contributed by atoms with Crippen LogP contribution in [0, 0.1) is 0 Å². The predicted octanol–water partition coefficient (Wildman–Crippen LogP) is 1.15. The topological polar surface area (TPSA) is 92.4 Å². The summed E-state index contributed by atoms with van der Waals surface area (Å²) in [6.45, 7) is 0.438. The van der Waals surface area contributed by atoms with Gasteiger partial charge in [-0.15, -0.1) is 0 Å². The molecular weight excluding hydrogens is 272 g/mol. The molecule has 1 fully saturated rings. The maximum absolute atomic E-state index is 12.0. The van der Waals surface area contributed by atoms with Crippen LogP contribution >= 0.6 is 11.8 Å². The first kappa shape index (κ1) is 13.5. The molecule has 1 unspecified atom stereocenters. The van der Waals surface area contributed by atoms with Gasteiger partial charge in [0.25, 0.3) is 0 Å². The van der Waals surface area contributed by atoms with Gasteiger partial charge in [0, 0.05) is 11.8 Å². The monoisotopic (exact) mass is 288 g/mol. The fourth-order valence-corrected chi connectivity index (χ4v) is 4.21. The summed E-state index contributed by atoms with van der Waals surface area (Å²) in [5, 5.41) is 9.62. The second kappa shape index (κ2) is 5.38. The molecule has 0 aromatic heterocycles. The van der Waals surface area contributed by atoms with Crippen molar-refractivity contribution in [3.63, 3.8) is 0 Å².